The largest absolute Gasteiger partial charge is 0.461 e. The lowest BCUT2D eigenvalue weighted by molar-refractivity contribution is 0.0768. The molecule has 4 aromatic rings. The number of rotatable bonds is 8. The first kappa shape index (κ1) is 21.3. The van der Waals surface area contributed by atoms with Crippen LogP contribution in [0.2, 0.25) is 0 Å². The van der Waals surface area contributed by atoms with Crippen LogP contribution in [0.25, 0.3) is 17.3 Å². The molecule has 0 bridgehead atoms. The maximum absolute atomic E-state index is 12.5. The van der Waals surface area contributed by atoms with Gasteiger partial charge in [0.1, 0.15) is 10.7 Å². The minimum Gasteiger partial charge on any atom is -0.461 e. The van der Waals surface area contributed by atoms with Crippen molar-refractivity contribution in [3.8, 4) is 17.3 Å². The first-order valence-corrected chi connectivity index (χ1v) is 11.9. The van der Waals surface area contributed by atoms with Gasteiger partial charge in [-0.05, 0) is 44.5 Å². The third-order valence-corrected chi connectivity index (χ3v) is 6.85. The number of thioether (sulfide) groups is 1. The van der Waals surface area contributed by atoms with Crippen molar-refractivity contribution in [3.63, 3.8) is 0 Å². The molecule has 9 heteroatoms. The van der Waals surface area contributed by atoms with Crippen molar-refractivity contribution in [2.45, 2.75) is 31.7 Å². The topological polar surface area (TPSA) is 77.0 Å². The zero-order valence-corrected chi connectivity index (χ0v) is 19.2. The summed E-state index contributed by atoms with van der Waals surface area (Å²) in [6, 6.07) is 11.8. The van der Waals surface area contributed by atoms with Gasteiger partial charge in [0.25, 0.3) is 5.91 Å². The molecule has 0 fully saturated rings. The SMILES string of the molecule is CCN(CC)C(=O)c1csc(CSc2nnc(-c3ccco3)n2-c2ccccc2C)n1. The lowest BCUT2D eigenvalue weighted by atomic mass is 10.2. The van der Waals surface area contributed by atoms with E-state index >= 15 is 0 Å². The summed E-state index contributed by atoms with van der Waals surface area (Å²) in [5.41, 5.74) is 2.61. The number of carbonyl (C=O) groups is 1. The number of hydrogen-bond acceptors (Lipinski definition) is 7. The van der Waals surface area contributed by atoms with E-state index in [9.17, 15) is 4.79 Å². The van der Waals surface area contributed by atoms with Gasteiger partial charge in [-0.1, -0.05) is 30.0 Å². The Labute approximate surface area is 189 Å². The summed E-state index contributed by atoms with van der Waals surface area (Å²) in [4.78, 5) is 18.9. The maximum Gasteiger partial charge on any atom is 0.273 e. The highest BCUT2D eigenvalue weighted by atomic mass is 32.2. The van der Waals surface area contributed by atoms with Gasteiger partial charge in [0.05, 0.1) is 17.7 Å². The highest BCUT2D eigenvalue weighted by Gasteiger charge is 2.20. The van der Waals surface area contributed by atoms with E-state index in [0.29, 0.717) is 36.1 Å². The van der Waals surface area contributed by atoms with Gasteiger partial charge in [-0.25, -0.2) is 4.98 Å². The Kier molecular flexibility index (Phi) is 6.53. The lowest BCUT2D eigenvalue weighted by Gasteiger charge is -2.16. The van der Waals surface area contributed by atoms with Crippen LogP contribution in [-0.2, 0) is 5.75 Å². The highest BCUT2D eigenvalue weighted by Crippen LogP contribution is 2.31. The number of aryl methyl sites for hydroxylation is 1. The summed E-state index contributed by atoms with van der Waals surface area (Å²) in [7, 11) is 0. The van der Waals surface area contributed by atoms with E-state index in [0.717, 1.165) is 21.4 Å². The van der Waals surface area contributed by atoms with Crippen LogP contribution in [0, 0.1) is 6.92 Å². The molecule has 0 saturated carbocycles. The predicted molar refractivity (Wildman–Crippen MR) is 123 cm³/mol. The van der Waals surface area contributed by atoms with E-state index in [-0.39, 0.29) is 5.91 Å². The van der Waals surface area contributed by atoms with Crippen LogP contribution in [0.4, 0.5) is 0 Å². The summed E-state index contributed by atoms with van der Waals surface area (Å²) in [5.74, 6) is 1.88. The van der Waals surface area contributed by atoms with Crippen LogP contribution in [-0.4, -0.2) is 43.6 Å². The van der Waals surface area contributed by atoms with Crippen molar-refractivity contribution in [1.82, 2.24) is 24.6 Å². The Hall–Kier alpha value is -2.91. The third kappa shape index (κ3) is 4.42. The minimum atomic E-state index is -0.0271. The van der Waals surface area contributed by atoms with Crippen molar-refractivity contribution < 1.29 is 9.21 Å². The fourth-order valence-electron chi connectivity index (χ4n) is 3.23. The Bertz CT molecular complexity index is 1160. The van der Waals surface area contributed by atoms with E-state index in [4.69, 9.17) is 4.42 Å². The number of nitrogens with zero attached hydrogens (tertiary/aromatic N) is 5. The molecule has 0 aliphatic rings. The molecular formula is C22H23N5O2S2. The molecular weight excluding hydrogens is 430 g/mol. The Morgan fingerprint density at radius 2 is 1.97 bits per heavy atom. The fraction of sp³-hybridized carbons (Fsp3) is 0.273. The van der Waals surface area contributed by atoms with Crippen LogP contribution < -0.4 is 0 Å². The summed E-state index contributed by atoms with van der Waals surface area (Å²) in [6.45, 7) is 7.35. The molecule has 1 aromatic carbocycles. The average molecular weight is 454 g/mol. The Morgan fingerprint density at radius 3 is 2.68 bits per heavy atom. The van der Waals surface area contributed by atoms with Crippen LogP contribution >= 0.6 is 23.1 Å². The van der Waals surface area contributed by atoms with Gasteiger partial charge in [-0.3, -0.25) is 9.36 Å². The van der Waals surface area contributed by atoms with Crippen LogP contribution in [0.3, 0.4) is 0 Å². The first-order valence-electron chi connectivity index (χ1n) is 10.0. The van der Waals surface area contributed by atoms with Crippen molar-refractivity contribution >= 4 is 29.0 Å². The highest BCUT2D eigenvalue weighted by molar-refractivity contribution is 7.98. The molecule has 0 N–H and O–H groups in total. The van der Waals surface area contributed by atoms with Gasteiger partial charge in [0.2, 0.25) is 5.82 Å². The molecule has 0 aliphatic carbocycles. The number of carbonyl (C=O) groups excluding carboxylic acids is 1. The van der Waals surface area contributed by atoms with Crippen LogP contribution in [0.5, 0.6) is 0 Å². The predicted octanol–water partition coefficient (Wildman–Crippen LogP) is 5.07. The number of furan rings is 1. The van der Waals surface area contributed by atoms with Crippen LogP contribution in [0.1, 0.15) is 34.9 Å². The van der Waals surface area contributed by atoms with E-state index in [1.165, 1.54) is 23.1 Å². The summed E-state index contributed by atoms with van der Waals surface area (Å²) in [5, 5.41) is 12.3. The number of para-hydroxylation sites is 1. The lowest BCUT2D eigenvalue weighted by Crippen LogP contribution is -2.30. The molecule has 4 rings (SSSR count). The quantitative estimate of drug-likeness (QED) is 0.347. The zero-order valence-electron chi connectivity index (χ0n) is 17.6. The van der Waals surface area contributed by atoms with Gasteiger partial charge in [-0.2, -0.15) is 0 Å². The molecule has 0 aliphatic heterocycles. The second-order valence-corrected chi connectivity index (χ2v) is 8.68. The van der Waals surface area contributed by atoms with E-state index < -0.39 is 0 Å². The molecule has 3 heterocycles. The van der Waals surface area contributed by atoms with Crippen LogP contribution in [0.15, 0.2) is 57.6 Å². The smallest absolute Gasteiger partial charge is 0.273 e. The fourth-order valence-corrected chi connectivity index (χ4v) is 4.97. The van der Waals surface area contributed by atoms with Gasteiger partial charge in [0, 0.05) is 18.5 Å². The molecule has 3 aromatic heterocycles. The number of amides is 1. The van der Waals surface area contributed by atoms with Crippen molar-refractivity contribution in [2.75, 3.05) is 13.1 Å². The summed E-state index contributed by atoms with van der Waals surface area (Å²) in [6.07, 6.45) is 1.63. The minimum absolute atomic E-state index is 0.0271. The standard InChI is InChI=1S/C22H23N5O2S2/c1-4-26(5-2)21(28)16-13-30-19(23-16)14-31-22-25-24-20(18-11-8-12-29-18)27(22)17-10-7-6-9-15(17)3/h6-13H,4-5,14H2,1-3H3. The maximum atomic E-state index is 12.5. The number of hydrogen-bond donors (Lipinski definition) is 0. The van der Waals surface area contributed by atoms with E-state index in [1.54, 1.807) is 11.2 Å². The van der Waals surface area contributed by atoms with Gasteiger partial charge in [0.15, 0.2) is 10.9 Å². The zero-order chi connectivity index (χ0) is 21.8. The van der Waals surface area contributed by atoms with Crippen molar-refractivity contribution in [1.29, 1.82) is 0 Å². The second kappa shape index (κ2) is 9.49. The summed E-state index contributed by atoms with van der Waals surface area (Å²) >= 11 is 3.03. The third-order valence-electron chi connectivity index (χ3n) is 4.88. The van der Waals surface area contributed by atoms with E-state index in [1.807, 2.05) is 54.1 Å². The molecule has 0 atom stereocenters. The van der Waals surface area contributed by atoms with Gasteiger partial charge < -0.3 is 9.32 Å². The molecule has 1 amide bonds. The molecule has 0 unspecified atom stereocenters. The van der Waals surface area contributed by atoms with Gasteiger partial charge in [-0.15, -0.1) is 21.5 Å². The van der Waals surface area contributed by atoms with Crippen molar-refractivity contribution in [3.05, 3.63) is 64.3 Å². The first-order chi connectivity index (χ1) is 15.1. The Morgan fingerprint density at radius 1 is 1.16 bits per heavy atom. The number of aromatic nitrogens is 4. The monoisotopic (exact) mass is 453 g/mol. The van der Waals surface area contributed by atoms with E-state index in [2.05, 4.69) is 28.2 Å². The number of thiazole rings is 1. The summed E-state index contributed by atoms with van der Waals surface area (Å²) < 4.78 is 7.59. The molecule has 0 saturated heterocycles. The average Bonchev–Trinajstić information content (AvgIpc) is 3.53. The molecule has 0 radical (unpaired) electrons. The molecule has 0 spiro atoms. The van der Waals surface area contributed by atoms with Gasteiger partial charge >= 0.3 is 0 Å². The molecule has 31 heavy (non-hydrogen) atoms. The molecule has 160 valence electrons. The second-order valence-electron chi connectivity index (χ2n) is 6.80. The normalized spacial score (nSPS) is 11.1. The number of benzene rings is 1. The Balaban J connectivity index is 1.60. The van der Waals surface area contributed by atoms with Crippen molar-refractivity contribution in [2.24, 2.45) is 0 Å². The molecule has 7 nitrogen and oxygen atoms in total.